The van der Waals surface area contributed by atoms with Crippen LogP contribution in [0.15, 0.2) is 23.6 Å². The van der Waals surface area contributed by atoms with Gasteiger partial charge in [-0.1, -0.05) is 5.92 Å². The Morgan fingerprint density at radius 1 is 1.56 bits per heavy atom. The number of aliphatic hydroxyl groups excluding tert-OH is 1. The maximum absolute atomic E-state index is 13.6. The Morgan fingerprint density at radius 2 is 2.28 bits per heavy atom. The third kappa shape index (κ3) is 4.41. The summed E-state index contributed by atoms with van der Waals surface area (Å²) in [6.07, 6.45) is 5.11. The van der Waals surface area contributed by atoms with Crippen molar-refractivity contribution in [1.29, 1.82) is 0 Å². The van der Waals surface area contributed by atoms with Gasteiger partial charge in [0.1, 0.15) is 11.9 Å². The van der Waals surface area contributed by atoms with Crippen LogP contribution in [0.1, 0.15) is 21.8 Å². The van der Waals surface area contributed by atoms with Crippen molar-refractivity contribution in [2.75, 3.05) is 13.6 Å². The van der Waals surface area contributed by atoms with Crippen LogP contribution in [0.3, 0.4) is 0 Å². The minimum Gasteiger partial charge on any atom is -0.383 e. The predicted octanol–water partition coefficient (Wildman–Crippen LogP) is 1.24. The quantitative estimate of drug-likeness (QED) is 0.787. The summed E-state index contributed by atoms with van der Waals surface area (Å²) in [6.45, 7) is 0.694. The van der Waals surface area contributed by atoms with E-state index in [1.54, 1.807) is 12.4 Å². The van der Waals surface area contributed by atoms with E-state index < -0.39 is 17.8 Å². The number of terminal acetylenes is 1. The van der Waals surface area contributed by atoms with Crippen molar-refractivity contribution in [3.8, 4) is 23.6 Å². The molecule has 6 nitrogen and oxygen atoms in total. The van der Waals surface area contributed by atoms with E-state index in [1.165, 1.54) is 23.1 Å². The molecule has 1 aromatic carbocycles. The number of benzene rings is 1. The monoisotopic (exact) mass is 361 g/mol. The van der Waals surface area contributed by atoms with Gasteiger partial charge in [0.25, 0.3) is 11.8 Å². The molecule has 1 aliphatic heterocycles. The summed E-state index contributed by atoms with van der Waals surface area (Å²) in [5.74, 6) is 1.19. The first-order chi connectivity index (χ1) is 11.8. The van der Waals surface area contributed by atoms with Gasteiger partial charge in [0.05, 0.1) is 5.69 Å². The van der Waals surface area contributed by atoms with Crippen LogP contribution < -0.4 is 5.73 Å². The molecular weight excluding hydrogens is 345 g/mol. The molecule has 3 N–H and O–H groups in total. The second-order valence-electron chi connectivity index (χ2n) is 5.31. The molecule has 2 aromatic rings. The number of likely N-dealkylation sites (tertiary alicyclic amines) is 1. The normalized spacial score (nSPS) is 16.2. The van der Waals surface area contributed by atoms with E-state index in [0.717, 1.165) is 11.3 Å². The molecule has 1 fully saturated rings. The summed E-state index contributed by atoms with van der Waals surface area (Å²) in [5.41, 5.74) is 6.26. The van der Waals surface area contributed by atoms with Crippen LogP contribution in [0.25, 0.3) is 11.3 Å². The highest BCUT2D eigenvalue weighted by Gasteiger charge is 2.25. The minimum absolute atomic E-state index is 0.144. The number of primary amides is 1. The molecule has 1 aliphatic rings. The number of nitrogens with two attached hydrogens (primary N) is 1. The van der Waals surface area contributed by atoms with Crippen LogP contribution in [0.5, 0.6) is 0 Å². The van der Waals surface area contributed by atoms with Gasteiger partial charge in [-0.05, 0) is 24.6 Å². The highest BCUT2D eigenvalue weighted by molar-refractivity contribution is 7.12. The Labute approximate surface area is 148 Å². The molecule has 0 bridgehead atoms. The van der Waals surface area contributed by atoms with E-state index in [-0.39, 0.29) is 16.5 Å². The Hall–Kier alpha value is -2.76. The van der Waals surface area contributed by atoms with E-state index in [9.17, 15) is 14.0 Å². The SMILES string of the molecule is C#Cc1ccc(F)c(-c2csc(C(N)=O)n2)c1.CN1CC[C@H](O)C1=O. The maximum atomic E-state index is 13.6. The van der Waals surface area contributed by atoms with Gasteiger partial charge in [-0.15, -0.1) is 17.8 Å². The van der Waals surface area contributed by atoms with Crippen LogP contribution in [0, 0.1) is 18.2 Å². The van der Waals surface area contributed by atoms with Gasteiger partial charge in [-0.25, -0.2) is 9.37 Å². The molecule has 130 valence electrons. The van der Waals surface area contributed by atoms with Crippen LogP contribution in [0.2, 0.25) is 0 Å². The summed E-state index contributed by atoms with van der Waals surface area (Å²) >= 11 is 1.07. The summed E-state index contributed by atoms with van der Waals surface area (Å²) in [7, 11) is 1.69. The van der Waals surface area contributed by atoms with Gasteiger partial charge in [-0.2, -0.15) is 0 Å². The first-order valence-electron chi connectivity index (χ1n) is 7.28. The molecule has 1 saturated heterocycles. The molecule has 0 spiro atoms. The van der Waals surface area contributed by atoms with E-state index in [4.69, 9.17) is 17.3 Å². The van der Waals surface area contributed by atoms with E-state index in [2.05, 4.69) is 10.9 Å². The molecule has 2 heterocycles. The van der Waals surface area contributed by atoms with Crippen molar-refractivity contribution >= 4 is 23.2 Å². The Kier molecular flexibility index (Phi) is 5.85. The highest BCUT2D eigenvalue weighted by Crippen LogP contribution is 2.25. The Bertz CT molecular complexity index is 832. The van der Waals surface area contributed by atoms with Crippen LogP contribution >= 0.6 is 11.3 Å². The zero-order chi connectivity index (χ0) is 18.6. The molecule has 0 aliphatic carbocycles. The molecule has 8 heteroatoms. The molecule has 0 radical (unpaired) electrons. The molecule has 0 unspecified atom stereocenters. The number of likely N-dealkylation sites (N-methyl/N-ethyl adjacent to an activating group) is 1. The van der Waals surface area contributed by atoms with Gasteiger partial charge >= 0.3 is 0 Å². The summed E-state index contributed by atoms with van der Waals surface area (Å²) in [6, 6.07) is 4.28. The number of aromatic nitrogens is 1. The molecule has 25 heavy (non-hydrogen) atoms. The lowest BCUT2D eigenvalue weighted by Gasteiger charge is -2.04. The summed E-state index contributed by atoms with van der Waals surface area (Å²) in [5, 5.41) is 10.5. The zero-order valence-corrected chi connectivity index (χ0v) is 14.2. The van der Waals surface area contributed by atoms with Crippen molar-refractivity contribution in [2.45, 2.75) is 12.5 Å². The third-order valence-corrected chi connectivity index (χ3v) is 4.38. The third-order valence-electron chi connectivity index (χ3n) is 3.52. The van der Waals surface area contributed by atoms with E-state index in [1.807, 2.05) is 0 Å². The Morgan fingerprint density at radius 3 is 2.72 bits per heavy atom. The Balaban J connectivity index is 0.000000236. The molecular formula is C17H16FN3O3S. The van der Waals surface area contributed by atoms with Gasteiger partial charge in [0.15, 0.2) is 5.01 Å². The number of hydrogen-bond donors (Lipinski definition) is 2. The minimum atomic E-state index is -0.722. The van der Waals surface area contributed by atoms with Gasteiger partial charge in [0, 0.05) is 30.1 Å². The molecule has 3 rings (SSSR count). The first-order valence-corrected chi connectivity index (χ1v) is 8.16. The fourth-order valence-electron chi connectivity index (χ4n) is 2.13. The second-order valence-corrected chi connectivity index (χ2v) is 6.16. The van der Waals surface area contributed by atoms with E-state index in [0.29, 0.717) is 24.2 Å². The molecule has 0 saturated carbocycles. The zero-order valence-electron chi connectivity index (χ0n) is 13.4. The second kappa shape index (κ2) is 7.88. The molecule has 1 aromatic heterocycles. The molecule has 1 atom stereocenters. The topological polar surface area (TPSA) is 96.5 Å². The number of carbonyl (C=O) groups excluding carboxylic acids is 2. The van der Waals surface area contributed by atoms with Crippen molar-refractivity contribution in [1.82, 2.24) is 9.88 Å². The number of amides is 2. The lowest BCUT2D eigenvalue weighted by Crippen LogP contribution is -2.24. The summed E-state index contributed by atoms with van der Waals surface area (Å²) < 4.78 is 13.6. The maximum Gasteiger partial charge on any atom is 0.277 e. The fourth-order valence-corrected chi connectivity index (χ4v) is 2.80. The molecule has 2 amide bonds. The van der Waals surface area contributed by atoms with Crippen LogP contribution in [-0.2, 0) is 4.79 Å². The average Bonchev–Trinajstić information content (AvgIpc) is 3.19. The van der Waals surface area contributed by atoms with Gasteiger partial charge in [0.2, 0.25) is 0 Å². The van der Waals surface area contributed by atoms with Gasteiger partial charge < -0.3 is 15.7 Å². The number of rotatable bonds is 2. The smallest absolute Gasteiger partial charge is 0.277 e. The number of carbonyl (C=O) groups is 2. The van der Waals surface area contributed by atoms with Crippen LogP contribution in [0.4, 0.5) is 4.39 Å². The van der Waals surface area contributed by atoms with Gasteiger partial charge in [-0.3, -0.25) is 9.59 Å². The number of halogens is 1. The van der Waals surface area contributed by atoms with Crippen molar-refractivity contribution in [3.05, 3.63) is 40.0 Å². The largest absolute Gasteiger partial charge is 0.383 e. The van der Waals surface area contributed by atoms with Crippen molar-refractivity contribution in [3.63, 3.8) is 0 Å². The lowest BCUT2D eigenvalue weighted by atomic mass is 10.1. The first kappa shape index (κ1) is 18.6. The number of nitrogens with zero attached hydrogens (tertiary/aromatic N) is 2. The van der Waals surface area contributed by atoms with Crippen molar-refractivity contribution < 1.29 is 19.1 Å². The number of aliphatic hydroxyl groups is 1. The fraction of sp³-hybridized carbons (Fsp3) is 0.235. The van der Waals surface area contributed by atoms with Crippen molar-refractivity contribution in [2.24, 2.45) is 5.73 Å². The lowest BCUT2D eigenvalue weighted by molar-refractivity contribution is -0.133. The number of thiazole rings is 1. The highest BCUT2D eigenvalue weighted by atomic mass is 32.1. The van der Waals surface area contributed by atoms with E-state index >= 15 is 0 Å². The van der Waals surface area contributed by atoms with Crippen LogP contribution in [-0.4, -0.2) is 46.5 Å². The average molecular weight is 361 g/mol. The predicted molar refractivity (Wildman–Crippen MR) is 92.2 cm³/mol. The number of hydrogen-bond acceptors (Lipinski definition) is 5. The summed E-state index contributed by atoms with van der Waals surface area (Å²) in [4.78, 5) is 27.0. The standard InChI is InChI=1S/C12H7FN2OS.C5H9NO2/c1-2-7-3-4-9(13)8(5-7)10-6-17-12(15-10)11(14)16;1-6-3-2-4(7)5(6)8/h1,3-6H,(H2,14,16);4,7H,2-3H2,1H3/t;4-/m.0/s1.